The SMILES string of the molecule is OC1CC[C@H]1[C@@H]1CCCCO1. The van der Waals surface area contributed by atoms with Crippen LogP contribution in [0.2, 0.25) is 0 Å². The summed E-state index contributed by atoms with van der Waals surface area (Å²) in [6.07, 6.45) is 6.15. The number of ether oxygens (including phenoxy) is 1. The Morgan fingerprint density at radius 1 is 1.09 bits per heavy atom. The van der Waals surface area contributed by atoms with Crippen LogP contribution in [0.1, 0.15) is 32.1 Å². The Morgan fingerprint density at radius 3 is 2.45 bits per heavy atom. The topological polar surface area (TPSA) is 29.5 Å². The molecular formula is C9H16O2. The second kappa shape index (κ2) is 3.11. The average molecular weight is 156 g/mol. The van der Waals surface area contributed by atoms with Gasteiger partial charge in [0.2, 0.25) is 0 Å². The van der Waals surface area contributed by atoms with Gasteiger partial charge in [0.25, 0.3) is 0 Å². The number of hydrogen-bond donors (Lipinski definition) is 1. The normalized spacial score (nSPS) is 45.0. The molecule has 1 N–H and O–H groups in total. The fraction of sp³-hybridized carbons (Fsp3) is 1.00. The fourth-order valence-electron chi connectivity index (χ4n) is 2.05. The van der Waals surface area contributed by atoms with Crippen molar-refractivity contribution in [3.63, 3.8) is 0 Å². The summed E-state index contributed by atoms with van der Waals surface area (Å²) in [5.41, 5.74) is 0. The molecule has 0 aromatic carbocycles. The molecule has 2 nitrogen and oxygen atoms in total. The summed E-state index contributed by atoms with van der Waals surface area (Å²) in [6, 6.07) is 0. The van der Waals surface area contributed by atoms with Crippen LogP contribution in [-0.2, 0) is 4.74 Å². The molecule has 0 aromatic rings. The molecule has 1 heterocycles. The predicted molar refractivity (Wildman–Crippen MR) is 42.3 cm³/mol. The maximum absolute atomic E-state index is 9.38. The van der Waals surface area contributed by atoms with Crippen LogP contribution in [0.3, 0.4) is 0 Å². The Morgan fingerprint density at radius 2 is 2.00 bits per heavy atom. The molecule has 1 aliphatic carbocycles. The van der Waals surface area contributed by atoms with Crippen molar-refractivity contribution < 1.29 is 9.84 Å². The van der Waals surface area contributed by atoms with Gasteiger partial charge >= 0.3 is 0 Å². The van der Waals surface area contributed by atoms with Crippen LogP contribution >= 0.6 is 0 Å². The Bertz CT molecular complexity index is 130. The largest absolute Gasteiger partial charge is 0.393 e. The van der Waals surface area contributed by atoms with Crippen molar-refractivity contribution in [1.82, 2.24) is 0 Å². The maximum Gasteiger partial charge on any atom is 0.0627 e. The third kappa shape index (κ3) is 1.42. The fourth-order valence-corrected chi connectivity index (χ4v) is 2.05. The van der Waals surface area contributed by atoms with E-state index < -0.39 is 0 Å². The lowest BCUT2D eigenvalue weighted by atomic mass is 9.76. The van der Waals surface area contributed by atoms with Gasteiger partial charge in [0.15, 0.2) is 0 Å². The lowest BCUT2D eigenvalue weighted by Crippen LogP contribution is -2.42. The summed E-state index contributed by atoms with van der Waals surface area (Å²) >= 11 is 0. The van der Waals surface area contributed by atoms with E-state index >= 15 is 0 Å². The minimum atomic E-state index is -0.0573. The Kier molecular flexibility index (Phi) is 2.14. The molecule has 2 fully saturated rings. The summed E-state index contributed by atoms with van der Waals surface area (Å²) in [4.78, 5) is 0. The summed E-state index contributed by atoms with van der Waals surface area (Å²) in [5, 5.41) is 9.38. The van der Waals surface area contributed by atoms with Crippen molar-refractivity contribution >= 4 is 0 Å². The van der Waals surface area contributed by atoms with Gasteiger partial charge in [-0.05, 0) is 32.1 Å². The first kappa shape index (κ1) is 7.56. The predicted octanol–water partition coefficient (Wildman–Crippen LogP) is 1.33. The molecule has 2 rings (SSSR count). The van der Waals surface area contributed by atoms with Gasteiger partial charge in [0, 0.05) is 12.5 Å². The monoisotopic (exact) mass is 156 g/mol. The van der Waals surface area contributed by atoms with E-state index in [0.717, 1.165) is 13.0 Å². The maximum atomic E-state index is 9.38. The molecule has 0 bridgehead atoms. The number of hydrogen-bond acceptors (Lipinski definition) is 2. The van der Waals surface area contributed by atoms with E-state index in [2.05, 4.69) is 0 Å². The van der Waals surface area contributed by atoms with Gasteiger partial charge in [-0.2, -0.15) is 0 Å². The highest BCUT2D eigenvalue weighted by Gasteiger charge is 2.36. The highest BCUT2D eigenvalue weighted by Crippen LogP contribution is 2.35. The van der Waals surface area contributed by atoms with E-state index in [4.69, 9.17) is 4.74 Å². The van der Waals surface area contributed by atoms with Crippen molar-refractivity contribution in [2.45, 2.75) is 44.3 Å². The summed E-state index contributed by atoms with van der Waals surface area (Å²) in [5.74, 6) is 0.468. The molecule has 0 amide bonds. The molecular weight excluding hydrogens is 140 g/mol. The molecule has 2 aliphatic rings. The molecule has 1 unspecified atom stereocenters. The second-order valence-electron chi connectivity index (χ2n) is 3.71. The van der Waals surface area contributed by atoms with Gasteiger partial charge in [0.1, 0.15) is 0 Å². The second-order valence-corrected chi connectivity index (χ2v) is 3.71. The highest BCUT2D eigenvalue weighted by molar-refractivity contribution is 4.87. The molecule has 1 saturated heterocycles. The summed E-state index contributed by atoms with van der Waals surface area (Å²) in [6.45, 7) is 0.911. The van der Waals surface area contributed by atoms with Crippen molar-refractivity contribution in [3.05, 3.63) is 0 Å². The zero-order valence-corrected chi connectivity index (χ0v) is 6.83. The van der Waals surface area contributed by atoms with E-state index in [-0.39, 0.29) is 6.10 Å². The molecule has 2 heteroatoms. The molecule has 0 radical (unpaired) electrons. The molecule has 1 aliphatic heterocycles. The number of rotatable bonds is 1. The Balaban J connectivity index is 1.83. The lowest BCUT2D eigenvalue weighted by Gasteiger charge is -2.40. The molecule has 64 valence electrons. The number of aliphatic hydroxyl groups is 1. The van der Waals surface area contributed by atoms with E-state index in [9.17, 15) is 5.11 Å². The first-order valence-corrected chi connectivity index (χ1v) is 4.67. The summed E-state index contributed by atoms with van der Waals surface area (Å²) < 4.78 is 5.59. The van der Waals surface area contributed by atoms with Crippen LogP contribution in [0.4, 0.5) is 0 Å². The van der Waals surface area contributed by atoms with E-state index in [1.807, 2.05) is 0 Å². The van der Waals surface area contributed by atoms with E-state index in [1.54, 1.807) is 0 Å². The zero-order chi connectivity index (χ0) is 7.68. The van der Waals surface area contributed by atoms with Gasteiger partial charge in [-0.1, -0.05) is 0 Å². The first-order valence-electron chi connectivity index (χ1n) is 4.67. The molecule has 1 saturated carbocycles. The zero-order valence-electron chi connectivity index (χ0n) is 6.83. The molecule has 11 heavy (non-hydrogen) atoms. The summed E-state index contributed by atoms with van der Waals surface area (Å²) in [7, 11) is 0. The Labute approximate surface area is 67.6 Å². The molecule has 0 aromatic heterocycles. The minimum absolute atomic E-state index is 0.0573. The average Bonchev–Trinajstić information content (AvgIpc) is 2.04. The third-order valence-corrected chi connectivity index (χ3v) is 2.98. The van der Waals surface area contributed by atoms with Crippen LogP contribution in [-0.4, -0.2) is 23.9 Å². The molecule has 3 atom stereocenters. The van der Waals surface area contributed by atoms with Crippen LogP contribution in [0.25, 0.3) is 0 Å². The Hall–Kier alpha value is -0.0800. The lowest BCUT2D eigenvalue weighted by molar-refractivity contribution is -0.100. The van der Waals surface area contributed by atoms with E-state index in [1.165, 1.54) is 25.7 Å². The van der Waals surface area contributed by atoms with Crippen LogP contribution in [0, 0.1) is 5.92 Å². The van der Waals surface area contributed by atoms with Gasteiger partial charge < -0.3 is 9.84 Å². The smallest absolute Gasteiger partial charge is 0.0627 e. The minimum Gasteiger partial charge on any atom is -0.393 e. The van der Waals surface area contributed by atoms with Crippen molar-refractivity contribution in [2.24, 2.45) is 5.92 Å². The quantitative estimate of drug-likeness (QED) is 0.620. The van der Waals surface area contributed by atoms with Gasteiger partial charge in [-0.15, -0.1) is 0 Å². The van der Waals surface area contributed by atoms with Crippen molar-refractivity contribution in [1.29, 1.82) is 0 Å². The number of aliphatic hydroxyl groups excluding tert-OH is 1. The highest BCUT2D eigenvalue weighted by atomic mass is 16.5. The van der Waals surface area contributed by atoms with Crippen molar-refractivity contribution in [2.75, 3.05) is 6.61 Å². The molecule has 0 spiro atoms. The standard InChI is InChI=1S/C9H16O2/c10-8-5-4-7(8)9-3-1-2-6-11-9/h7-10H,1-6H2/t7-,8?,9+/m1/s1. The van der Waals surface area contributed by atoms with Crippen LogP contribution in [0.15, 0.2) is 0 Å². The third-order valence-electron chi connectivity index (χ3n) is 2.98. The first-order chi connectivity index (χ1) is 5.38. The van der Waals surface area contributed by atoms with Gasteiger partial charge in [-0.25, -0.2) is 0 Å². The van der Waals surface area contributed by atoms with Crippen LogP contribution < -0.4 is 0 Å². The van der Waals surface area contributed by atoms with Gasteiger partial charge in [0.05, 0.1) is 12.2 Å². The van der Waals surface area contributed by atoms with Crippen molar-refractivity contribution in [3.8, 4) is 0 Å². The van der Waals surface area contributed by atoms with Gasteiger partial charge in [-0.3, -0.25) is 0 Å². The van der Waals surface area contributed by atoms with E-state index in [0.29, 0.717) is 12.0 Å². The van der Waals surface area contributed by atoms with Crippen LogP contribution in [0.5, 0.6) is 0 Å².